The Morgan fingerprint density at radius 1 is 1.62 bits per heavy atom. The molecule has 0 aromatic rings. The summed E-state index contributed by atoms with van der Waals surface area (Å²) >= 11 is 1.85. The van der Waals surface area contributed by atoms with E-state index in [4.69, 9.17) is 0 Å². The molecule has 0 saturated carbocycles. The minimum Gasteiger partial charge on any atom is -0.126 e. The zero-order valence-electron chi connectivity index (χ0n) is 5.19. The molecule has 0 aliphatic carbocycles. The Bertz CT molecular complexity index is 142. The minimum absolute atomic E-state index is 1.13. The zero-order valence-corrected chi connectivity index (χ0v) is 6.01. The van der Waals surface area contributed by atoms with Crippen LogP contribution in [0.15, 0.2) is 16.6 Å². The standard InChI is InChI=1S/C7H9S/c1-6-3-4-8-7(2)5-6/h3H,4H2,1-2H3. The van der Waals surface area contributed by atoms with E-state index < -0.39 is 0 Å². The van der Waals surface area contributed by atoms with Gasteiger partial charge in [0.25, 0.3) is 0 Å². The first kappa shape index (κ1) is 5.96. The van der Waals surface area contributed by atoms with E-state index >= 15 is 0 Å². The quantitative estimate of drug-likeness (QED) is 0.479. The highest BCUT2D eigenvalue weighted by molar-refractivity contribution is 8.03. The Balaban J connectivity index is 2.69. The molecule has 0 spiro atoms. The van der Waals surface area contributed by atoms with E-state index in [0.717, 1.165) is 5.75 Å². The maximum absolute atomic E-state index is 3.22. The van der Waals surface area contributed by atoms with E-state index in [2.05, 4.69) is 26.0 Å². The molecule has 0 fully saturated rings. The lowest BCUT2D eigenvalue weighted by molar-refractivity contribution is 1.40. The third kappa shape index (κ3) is 1.41. The Kier molecular flexibility index (Phi) is 1.79. The van der Waals surface area contributed by atoms with Crippen LogP contribution in [-0.4, -0.2) is 5.75 Å². The number of hydrogen-bond donors (Lipinski definition) is 0. The van der Waals surface area contributed by atoms with Gasteiger partial charge in [-0.25, -0.2) is 0 Å². The highest BCUT2D eigenvalue weighted by Gasteiger charge is 1.95. The normalized spacial score (nSPS) is 19.8. The molecule has 1 radical (unpaired) electrons. The molecule has 0 atom stereocenters. The lowest BCUT2D eigenvalue weighted by Crippen LogP contribution is -1.83. The van der Waals surface area contributed by atoms with E-state index in [9.17, 15) is 0 Å². The van der Waals surface area contributed by atoms with E-state index in [1.54, 1.807) is 0 Å². The van der Waals surface area contributed by atoms with E-state index in [1.165, 1.54) is 10.5 Å². The minimum atomic E-state index is 1.13. The molecule has 0 unspecified atom stereocenters. The average molecular weight is 125 g/mol. The van der Waals surface area contributed by atoms with Gasteiger partial charge in [-0.05, 0) is 30.4 Å². The van der Waals surface area contributed by atoms with Crippen LogP contribution in [0.1, 0.15) is 13.8 Å². The molecule has 0 amide bonds. The maximum Gasteiger partial charge on any atom is 0.0163 e. The van der Waals surface area contributed by atoms with Crippen molar-refractivity contribution in [2.75, 3.05) is 5.75 Å². The van der Waals surface area contributed by atoms with Crippen molar-refractivity contribution in [1.82, 2.24) is 0 Å². The van der Waals surface area contributed by atoms with Crippen LogP contribution >= 0.6 is 11.8 Å². The van der Waals surface area contributed by atoms with Gasteiger partial charge in [-0.2, -0.15) is 0 Å². The molecule has 1 aliphatic rings. The van der Waals surface area contributed by atoms with E-state index in [1.807, 2.05) is 11.8 Å². The van der Waals surface area contributed by atoms with Crippen LogP contribution in [-0.2, 0) is 0 Å². The van der Waals surface area contributed by atoms with Gasteiger partial charge in [0.15, 0.2) is 0 Å². The van der Waals surface area contributed by atoms with Gasteiger partial charge in [-0.3, -0.25) is 0 Å². The maximum atomic E-state index is 3.22. The van der Waals surface area contributed by atoms with Crippen LogP contribution in [0.5, 0.6) is 0 Å². The first-order valence-electron chi connectivity index (χ1n) is 2.69. The van der Waals surface area contributed by atoms with E-state index in [-0.39, 0.29) is 0 Å². The van der Waals surface area contributed by atoms with Gasteiger partial charge in [0.2, 0.25) is 0 Å². The van der Waals surface area contributed by atoms with E-state index in [0.29, 0.717) is 0 Å². The van der Waals surface area contributed by atoms with Crippen molar-refractivity contribution in [3.63, 3.8) is 0 Å². The summed E-state index contributed by atoms with van der Waals surface area (Å²) in [6.07, 6.45) is 5.41. The third-order valence-corrected chi connectivity index (χ3v) is 1.93. The van der Waals surface area contributed by atoms with Crippen molar-refractivity contribution in [2.24, 2.45) is 0 Å². The van der Waals surface area contributed by atoms with Crippen LogP contribution in [0.4, 0.5) is 0 Å². The number of allylic oxidation sites excluding steroid dienone is 3. The van der Waals surface area contributed by atoms with Crippen LogP contribution in [0.3, 0.4) is 0 Å². The monoisotopic (exact) mass is 125 g/mol. The van der Waals surface area contributed by atoms with Crippen molar-refractivity contribution in [1.29, 1.82) is 0 Å². The summed E-state index contributed by atoms with van der Waals surface area (Å²) in [4.78, 5) is 1.31. The molecule has 0 saturated heterocycles. The first-order chi connectivity index (χ1) is 3.79. The summed E-state index contributed by atoms with van der Waals surface area (Å²) in [5.74, 6) is 1.13. The fourth-order valence-electron chi connectivity index (χ4n) is 0.656. The molecule has 0 aromatic carbocycles. The Morgan fingerprint density at radius 3 is 2.75 bits per heavy atom. The molecule has 8 heavy (non-hydrogen) atoms. The predicted molar refractivity (Wildman–Crippen MR) is 38.6 cm³/mol. The second kappa shape index (κ2) is 2.40. The van der Waals surface area contributed by atoms with Gasteiger partial charge >= 0.3 is 0 Å². The van der Waals surface area contributed by atoms with Crippen LogP contribution < -0.4 is 0 Å². The highest BCUT2D eigenvalue weighted by Crippen LogP contribution is 2.20. The molecule has 1 heterocycles. The van der Waals surface area contributed by atoms with Gasteiger partial charge in [0, 0.05) is 5.75 Å². The summed E-state index contributed by atoms with van der Waals surface area (Å²) in [7, 11) is 0. The van der Waals surface area contributed by atoms with Gasteiger partial charge in [-0.15, -0.1) is 11.8 Å². The smallest absolute Gasteiger partial charge is 0.0163 e. The van der Waals surface area contributed by atoms with Crippen molar-refractivity contribution in [3.05, 3.63) is 22.6 Å². The number of rotatable bonds is 0. The Labute approximate surface area is 54.7 Å². The summed E-state index contributed by atoms with van der Waals surface area (Å²) < 4.78 is 0. The van der Waals surface area contributed by atoms with Crippen molar-refractivity contribution < 1.29 is 0 Å². The molecule has 1 heteroatoms. The van der Waals surface area contributed by atoms with Gasteiger partial charge in [0.05, 0.1) is 0 Å². The average Bonchev–Trinajstić information content (AvgIpc) is 1.64. The SMILES string of the molecule is CC1=[C]C(C)=CCS1. The zero-order chi connectivity index (χ0) is 5.98. The highest BCUT2D eigenvalue weighted by atomic mass is 32.2. The van der Waals surface area contributed by atoms with Crippen molar-refractivity contribution in [3.8, 4) is 0 Å². The summed E-state index contributed by atoms with van der Waals surface area (Å²) in [6.45, 7) is 4.18. The van der Waals surface area contributed by atoms with Crippen LogP contribution in [0.25, 0.3) is 0 Å². The van der Waals surface area contributed by atoms with Gasteiger partial charge < -0.3 is 0 Å². The summed E-state index contributed by atoms with van der Waals surface area (Å²) in [5.41, 5.74) is 1.28. The third-order valence-electron chi connectivity index (χ3n) is 1.06. The largest absolute Gasteiger partial charge is 0.126 e. The molecule has 1 aliphatic heterocycles. The van der Waals surface area contributed by atoms with Gasteiger partial charge in [0.1, 0.15) is 0 Å². The first-order valence-corrected chi connectivity index (χ1v) is 3.68. The van der Waals surface area contributed by atoms with Crippen LogP contribution in [0, 0.1) is 6.08 Å². The Hall–Kier alpha value is -0.170. The molecule has 0 bridgehead atoms. The Morgan fingerprint density at radius 2 is 2.38 bits per heavy atom. The number of hydrogen-bond acceptors (Lipinski definition) is 1. The fourth-order valence-corrected chi connectivity index (χ4v) is 1.47. The summed E-state index contributed by atoms with van der Waals surface area (Å²) in [6, 6.07) is 0. The molecule has 0 aromatic heterocycles. The fraction of sp³-hybridized carbons (Fsp3) is 0.429. The molecule has 43 valence electrons. The van der Waals surface area contributed by atoms with Crippen LogP contribution in [0.2, 0.25) is 0 Å². The molecule has 0 N–H and O–H groups in total. The lowest BCUT2D eigenvalue weighted by Gasteiger charge is -2.03. The second-order valence-corrected chi connectivity index (χ2v) is 3.11. The molecule has 1 rings (SSSR count). The van der Waals surface area contributed by atoms with Gasteiger partial charge in [-0.1, -0.05) is 6.08 Å². The molecular formula is C7H9S. The lowest BCUT2D eigenvalue weighted by atomic mass is 10.3. The topological polar surface area (TPSA) is 0 Å². The van der Waals surface area contributed by atoms with Crippen molar-refractivity contribution in [2.45, 2.75) is 13.8 Å². The molecular weight excluding hydrogens is 116 g/mol. The number of thioether (sulfide) groups is 1. The summed E-state index contributed by atoms with van der Waals surface area (Å²) in [5, 5.41) is 0. The van der Waals surface area contributed by atoms with Crippen molar-refractivity contribution >= 4 is 11.8 Å². The molecule has 0 nitrogen and oxygen atoms in total. The second-order valence-electron chi connectivity index (χ2n) is 1.88. The predicted octanol–water partition coefficient (Wildman–Crippen LogP) is 2.39.